The summed E-state index contributed by atoms with van der Waals surface area (Å²) >= 11 is 0. The minimum absolute atomic E-state index is 0.0950. The fraction of sp³-hybridized carbons (Fsp3) is 0.286. The third-order valence-corrected chi connectivity index (χ3v) is 3.26. The number of nitriles is 2. The van der Waals surface area contributed by atoms with Gasteiger partial charge in [-0.3, -0.25) is 0 Å². The van der Waals surface area contributed by atoms with Crippen molar-refractivity contribution in [1.82, 2.24) is 20.3 Å². The van der Waals surface area contributed by atoms with Gasteiger partial charge in [0.1, 0.15) is 17.8 Å². The van der Waals surface area contributed by atoms with Crippen LogP contribution in [0.25, 0.3) is 5.69 Å². The van der Waals surface area contributed by atoms with E-state index < -0.39 is 0 Å². The van der Waals surface area contributed by atoms with Crippen molar-refractivity contribution in [1.29, 1.82) is 10.5 Å². The second kappa shape index (κ2) is 5.52. The van der Waals surface area contributed by atoms with Gasteiger partial charge in [-0.1, -0.05) is 5.21 Å². The quantitative estimate of drug-likeness (QED) is 0.911. The molecule has 1 aromatic carbocycles. The maximum atomic E-state index is 9.07. The van der Waals surface area contributed by atoms with Crippen molar-refractivity contribution in [3.8, 4) is 17.8 Å². The molecule has 1 unspecified atom stereocenters. The topological polar surface area (TPSA) is 90.3 Å². The van der Waals surface area contributed by atoms with Crippen LogP contribution in [0.1, 0.15) is 35.5 Å². The maximum absolute atomic E-state index is 9.07. The van der Waals surface area contributed by atoms with E-state index in [0.29, 0.717) is 11.1 Å². The lowest BCUT2D eigenvalue weighted by atomic mass is 10.1. The molecule has 1 atom stereocenters. The molecule has 0 spiro atoms. The number of aromatic nitrogens is 3. The highest BCUT2D eigenvalue weighted by molar-refractivity contribution is 5.51. The summed E-state index contributed by atoms with van der Waals surface area (Å²) in [6.07, 6.45) is 0. The predicted octanol–water partition coefficient (Wildman–Crippen LogP) is 1.60. The van der Waals surface area contributed by atoms with E-state index in [2.05, 4.69) is 15.6 Å². The molecule has 6 nitrogen and oxygen atoms in total. The second-order valence-electron chi connectivity index (χ2n) is 4.44. The molecule has 0 amide bonds. The SMILES string of the molecule is CNC(C)c1nnn(-c2ccc(C#N)c(C#N)c2)c1C. The zero-order chi connectivity index (χ0) is 14.7. The molecule has 0 aliphatic carbocycles. The van der Waals surface area contributed by atoms with Crippen molar-refractivity contribution in [2.45, 2.75) is 19.9 Å². The molecule has 20 heavy (non-hydrogen) atoms. The van der Waals surface area contributed by atoms with E-state index in [1.807, 2.05) is 33.0 Å². The molecule has 6 heteroatoms. The van der Waals surface area contributed by atoms with Crippen LogP contribution in [0, 0.1) is 29.6 Å². The highest BCUT2D eigenvalue weighted by Crippen LogP contribution is 2.19. The van der Waals surface area contributed by atoms with Crippen molar-refractivity contribution in [2.24, 2.45) is 0 Å². The fourth-order valence-corrected chi connectivity index (χ4v) is 1.98. The first-order chi connectivity index (χ1) is 9.62. The summed E-state index contributed by atoms with van der Waals surface area (Å²) in [6, 6.07) is 9.14. The van der Waals surface area contributed by atoms with Gasteiger partial charge in [0.15, 0.2) is 0 Å². The summed E-state index contributed by atoms with van der Waals surface area (Å²) < 4.78 is 1.67. The van der Waals surface area contributed by atoms with E-state index in [-0.39, 0.29) is 6.04 Å². The Bertz CT molecular complexity index is 716. The first kappa shape index (κ1) is 13.7. The summed E-state index contributed by atoms with van der Waals surface area (Å²) in [5.74, 6) is 0. The lowest BCUT2D eigenvalue weighted by Crippen LogP contribution is -2.14. The molecule has 0 bridgehead atoms. The van der Waals surface area contributed by atoms with Gasteiger partial charge in [0, 0.05) is 0 Å². The molecule has 0 saturated heterocycles. The molecular weight excluding hydrogens is 252 g/mol. The minimum Gasteiger partial charge on any atom is -0.312 e. The number of hydrogen-bond acceptors (Lipinski definition) is 5. The fourth-order valence-electron chi connectivity index (χ4n) is 1.98. The molecular formula is C14H14N6. The van der Waals surface area contributed by atoms with Gasteiger partial charge in [0.2, 0.25) is 0 Å². The Balaban J connectivity index is 2.51. The Morgan fingerprint density at radius 1 is 1.25 bits per heavy atom. The lowest BCUT2D eigenvalue weighted by molar-refractivity contribution is 0.627. The Hall–Kier alpha value is -2.70. The van der Waals surface area contributed by atoms with Gasteiger partial charge in [0.05, 0.1) is 28.6 Å². The standard InChI is InChI=1S/C14H14N6/c1-9(17-3)14-10(2)20(19-18-14)13-5-4-11(7-15)12(6-13)8-16/h4-6,9,17H,1-3H3. The van der Waals surface area contributed by atoms with Gasteiger partial charge < -0.3 is 5.32 Å². The van der Waals surface area contributed by atoms with E-state index in [1.54, 1.807) is 22.9 Å². The Kier molecular flexibility index (Phi) is 3.79. The highest BCUT2D eigenvalue weighted by atomic mass is 15.4. The van der Waals surface area contributed by atoms with Gasteiger partial charge in [0.25, 0.3) is 0 Å². The van der Waals surface area contributed by atoms with Crippen molar-refractivity contribution in [2.75, 3.05) is 7.05 Å². The second-order valence-corrected chi connectivity index (χ2v) is 4.44. The zero-order valence-corrected chi connectivity index (χ0v) is 11.5. The van der Waals surface area contributed by atoms with Gasteiger partial charge in [-0.2, -0.15) is 10.5 Å². The summed E-state index contributed by atoms with van der Waals surface area (Å²) in [4.78, 5) is 0. The number of hydrogen-bond donors (Lipinski definition) is 1. The molecule has 0 fully saturated rings. The average Bonchev–Trinajstić information content (AvgIpc) is 2.87. The van der Waals surface area contributed by atoms with Crippen molar-refractivity contribution in [3.05, 3.63) is 40.7 Å². The largest absolute Gasteiger partial charge is 0.312 e. The minimum atomic E-state index is 0.0950. The number of rotatable bonds is 3. The van der Waals surface area contributed by atoms with Crippen LogP contribution < -0.4 is 5.32 Å². The molecule has 1 aromatic heterocycles. The Labute approximate surface area is 117 Å². The third-order valence-electron chi connectivity index (χ3n) is 3.26. The average molecular weight is 266 g/mol. The van der Waals surface area contributed by atoms with Gasteiger partial charge in [-0.25, -0.2) is 4.68 Å². The first-order valence-electron chi connectivity index (χ1n) is 6.16. The Morgan fingerprint density at radius 3 is 2.55 bits per heavy atom. The van der Waals surface area contributed by atoms with E-state index in [1.165, 1.54) is 0 Å². The normalized spacial score (nSPS) is 11.7. The molecule has 0 saturated carbocycles. The molecule has 0 aliphatic rings. The smallest absolute Gasteiger partial charge is 0.103 e. The first-order valence-corrected chi connectivity index (χ1v) is 6.16. The monoisotopic (exact) mass is 266 g/mol. The summed E-state index contributed by atoms with van der Waals surface area (Å²) in [5.41, 5.74) is 3.18. The molecule has 1 heterocycles. The van der Waals surface area contributed by atoms with Crippen LogP contribution >= 0.6 is 0 Å². The molecule has 0 aliphatic heterocycles. The van der Waals surface area contributed by atoms with Gasteiger partial charge in [-0.05, 0) is 39.1 Å². The molecule has 0 radical (unpaired) electrons. The molecule has 2 rings (SSSR count). The van der Waals surface area contributed by atoms with Crippen molar-refractivity contribution >= 4 is 0 Å². The van der Waals surface area contributed by atoms with Gasteiger partial charge in [-0.15, -0.1) is 5.10 Å². The number of nitrogens with one attached hydrogen (secondary N) is 1. The third kappa shape index (κ3) is 2.25. The van der Waals surface area contributed by atoms with Crippen LogP contribution in [-0.4, -0.2) is 22.0 Å². The van der Waals surface area contributed by atoms with Crippen LogP contribution in [0.15, 0.2) is 18.2 Å². The number of nitrogens with zero attached hydrogens (tertiary/aromatic N) is 5. The number of benzene rings is 1. The van der Waals surface area contributed by atoms with Crippen LogP contribution in [0.5, 0.6) is 0 Å². The van der Waals surface area contributed by atoms with Crippen LogP contribution in [0.4, 0.5) is 0 Å². The van der Waals surface area contributed by atoms with Crippen LogP contribution in [0.2, 0.25) is 0 Å². The molecule has 2 aromatic rings. The van der Waals surface area contributed by atoms with Gasteiger partial charge >= 0.3 is 0 Å². The zero-order valence-electron chi connectivity index (χ0n) is 11.5. The van der Waals surface area contributed by atoms with E-state index in [4.69, 9.17) is 10.5 Å². The summed E-state index contributed by atoms with van der Waals surface area (Å²) in [7, 11) is 1.86. The molecule has 1 N–H and O–H groups in total. The lowest BCUT2D eigenvalue weighted by Gasteiger charge is -2.08. The van der Waals surface area contributed by atoms with Crippen molar-refractivity contribution < 1.29 is 0 Å². The molecule has 100 valence electrons. The van der Waals surface area contributed by atoms with Crippen LogP contribution in [-0.2, 0) is 0 Å². The van der Waals surface area contributed by atoms with E-state index in [0.717, 1.165) is 17.1 Å². The summed E-state index contributed by atoms with van der Waals surface area (Å²) in [6.45, 7) is 3.92. The maximum Gasteiger partial charge on any atom is 0.103 e. The highest BCUT2D eigenvalue weighted by Gasteiger charge is 2.15. The van der Waals surface area contributed by atoms with E-state index >= 15 is 0 Å². The van der Waals surface area contributed by atoms with Crippen LogP contribution in [0.3, 0.4) is 0 Å². The van der Waals surface area contributed by atoms with Crippen molar-refractivity contribution in [3.63, 3.8) is 0 Å². The summed E-state index contributed by atoms with van der Waals surface area (Å²) in [5, 5.41) is 29.4. The van der Waals surface area contributed by atoms with E-state index in [9.17, 15) is 0 Å². The predicted molar refractivity (Wildman–Crippen MR) is 73.0 cm³/mol. The Morgan fingerprint density at radius 2 is 1.95 bits per heavy atom.